The Labute approximate surface area is 150 Å². The van der Waals surface area contributed by atoms with Gasteiger partial charge in [-0.05, 0) is 36.2 Å². The number of hydrogen-bond acceptors (Lipinski definition) is 3. The Balaban J connectivity index is 1.81. The second-order valence-electron chi connectivity index (χ2n) is 8.14. The molecule has 2 aliphatic rings. The van der Waals surface area contributed by atoms with Crippen molar-refractivity contribution in [3.8, 4) is 0 Å². The molecule has 3 atom stereocenters. The summed E-state index contributed by atoms with van der Waals surface area (Å²) in [6.45, 7) is 6.69. The number of hydrogen-bond donors (Lipinski definition) is 0. The van der Waals surface area contributed by atoms with Crippen molar-refractivity contribution >= 4 is 11.8 Å². The number of rotatable bonds is 4. The van der Waals surface area contributed by atoms with Crippen LogP contribution in [0.4, 0.5) is 0 Å². The minimum absolute atomic E-state index is 0.0762. The van der Waals surface area contributed by atoms with Crippen LogP contribution in [0.3, 0.4) is 0 Å². The Morgan fingerprint density at radius 3 is 2.52 bits per heavy atom. The second kappa shape index (κ2) is 7.15. The highest BCUT2D eigenvalue weighted by Gasteiger charge is 2.42. The van der Waals surface area contributed by atoms with Gasteiger partial charge < -0.3 is 4.74 Å². The van der Waals surface area contributed by atoms with E-state index in [4.69, 9.17) is 4.74 Å². The first-order valence-corrected chi connectivity index (χ1v) is 9.39. The largest absolute Gasteiger partial charge is 0.458 e. The lowest BCUT2D eigenvalue weighted by molar-refractivity contribution is -0.152. The fourth-order valence-electron chi connectivity index (χ4n) is 4.36. The molecule has 134 valence electrons. The highest BCUT2D eigenvalue weighted by atomic mass is 16.5. The molecule has 0 amide bonds. The number of Topliss-reactive ketones (excluding diaryl/α,β-unsaturated/α-hetero) is 1. The molecule has 0 saturated heterocycles. The number of benzene rings is 1. The number of esters is 1. The van der Waals surface area contributed by atoms with E-state index in [1.807, 2.05) is 6.07 Å². The lowest BCUT2D eigenvalue weighted by atomic mass is 9.64. The zero-order valence-corrected chi connectivity index (χ0v) is 15.5. The average Bonchev–Trinajstić information content (AvgIpc) is 3.01. The van der Waals surface area contributed by atoms with Gasteiger partial charge in [0.2, 0.25) is 0 Å². The SMILES string of the molecule is C[C@@H]1CC[C@@H](C(C)(C)c2ccccc2)[C@H](OC(=O)C2=CCCC2=O)C1. The van der Waals surface area contributed by atoms with Crippen molar-refractivity contribution < 1.29 is 14.3 Å². The summed E-state index contributed by atoms with van der Waals surface area (Å²) in [5, 5.41) is 0. The van der Waals surface area contributed by atoms with Crippen LogP contribution >= 0.6 is 0 Å². The van der Waals surface area contributed by atoms with Gasteiger partial charge in [0, 0.05) is 12.3 Å². The summed E-state index contributed by atoms with van der Waals surface area (Å²) in [5.74, 6) is 0.296. The van der Waals surface area contributed by atoms with Crippen molar-refractivity contribution in [3.05, 3.63) is 47.5 Å². The molecule has 1 aromatic carbocycles. The Morgan fingerprint density at radius 1 is 1.16 bits per heavy atom. The monoisotopic (exact) mass is 340 g/mol. The maximum atomic E-state index is 12.5. The lowest BCUT2D eigenvalue weighted by Crippen LogP contribution is -2.43. The average molecular weight is 340 g/mol. The lowest BCUT2D eigenvalue weighted by Gasteiger charge is -2.44. The van der Waals surface area contributed by atoms with E-state index in [2.05, 4.69) is 45.0 Å². The molecule has 0 N–H and O–H groups in total. The van der Waals surface area contributed by atoms with Crippen molar-refractivity contribution in [2.45, 2.75) is 64.4 Å². The molecule has 1 saturated carbocycles. The van der Waals surface area contributed by atoms with Gasteiger partial charge in [0.15, 0.2) is 5.78 Å². The van der Waals surface area contributed by atoms with Gasteiger partial charge in [-0.25, -0.2) is 4.79 Å². The number of carbonyl (C=O) groups is 2. The molecule has 0 aromatic heterocycles. The molecule has 3 nitrogen and oxygen atoms in total. The predicted molar refractivity (Wildman–Crippen MR) is 98.2 cm³/mol. The standard InChI is InChI=1S/C22H28O3/c1-15-12-13-18(22(2,3)16-8-5-4-6-9-16)20(14-15)25-21(24)17-10-7-11-19(17)23/h4-6,8-10,15,18,20H,7,11-14H2,1-3H3/t15-,18-,20-/m1/s1. The molecule has 0 heterocycles. The number of carbonyl (C=O) groups excluding carboxylic acids is 2. The molecular formula is C22H28O3. The van der Waals surface area contributed by atoms with Crippen molar-refractivity contribution in [2.75, 3.05) is 0 Å². The summed E-state index contributed by atoms with van der Waals surface area (Å²) in [4.78, 5) is 24.4. The van der Waals surface area contributed by atoms with E-state index >= 15 is 0 Å². The van der Waals surface area contributed by atoms with Gasteiger partial charge in [0.1, 0.15) is 6.10 Å². The van der Waals surface area contributed by atoms with Gasteiger partial charge in [0.25, 0.3) is 0 Å². The highest BCUT2D eigenvalue weighted by molar-refractivity contribution is 6.18. The maximum absolute atomic E-state index is 12.5. The molecule has 25 heavy (non-hydrogen) atoms. The van der Waals surface area contributed by atoms with Gasteiger partial charge in [-0.3, -0.25) is 4.79 Å². The Kier molecular flexibility index (Phi) is 5.12. The van der Waals surface area contributed by atoms with E-state index in [1.165, 1.54) is 5.56 Å². The first kappa shape index (κ1) is 17.9. The van der Waals surface area contributed by atoms with E-state index in [0.29, 0.717) is 18.8 Å². The van der Waals surface area contributed by atoms with Crippen LogP contribution in [0.5, 0.6) is 0 Å². The number of ketones is 1. The summed E-state index contributed by atoms with van der Waals surface area (Å²) >= 11 is 0. The molecule has 1 fully saturated rings. The Bertz CT molecular complexity index is 672. The third kappa shape index (κ3) is 3.70. The van der Waals surface area contributed by atoms with Crippen LogP contribution in [-0.2, 0) is 19.7 Å². The fourth-order valence-corrected chi connectivity index (χ4v) is 4.36. The Morgan fingerprint density at radius 2 is 1.88 bits per heavy atom. The summed E-state index contributed by atoms with van der Waals surface area (Å²) in [5.41, 5.74) is 1.45. The van der Waals surface area contributed by atoms with Crippen LogP contribution in [0.15, 0.2) is 42.0 Å². The third-order valence-electron chi connectivity index (χ3n) is 6.00. The summed E-state index contributed by atoms with van der Waals surface area (Å²) in [6.07, 6.45) is 5.74. The van der Waals surface area contributed by atoms with Crippen molar-refractivity contribution in [1.82, 2.24) is 0 Å². The van der Waals surface area contributed by atoms with Gasteiger partial charge in [0.05, 0.1) is 5.57 Å². The fraction of sp³-hybridized carbons (Fsp3) is 0.545. The molecule has 1 aromatic rings. The summed E-state index contributed by atoms with van der Waals surface area (Å²) in [7, 11) is 0. The van der Waals surface area contributed by atoms with E-state index in [-0.39, 0.29) is 28.8 Å². The molecule has 0 aliphatic heterocycles. The molecule has 3 heteroatoms. The minimum atomic E-state index is -0.421. The zero-order chi connectivity index (χ0) is 18.0. The van der Waals surface area contributed by atoms with Crippen LogP contribution in [0.2, 0.25) is 0 Å². The van der Waals surface area contributed by atoms with Gasteiger partial charge >= 0.3 is 5.97 Å². The van der Waals surface area contributed by atoms with E-state index in [9.17, 15) is 9.59 Å². The van der Waals surface area contributed by atoms with Crippen molar-refractivity contribution in [2.24, 2.45) is 11.8 Å². The predicted octanol–water partition coefficient (Wildman–Crippen LogP) is 4.60. The van der Waals surface area contributed by atoms with Crippen LogP contribution in [0.1, 0.15) is 58.4 Å². The second-order valence-corrected chi connectivity index (χ2v) is 8.14. The van der Waals surface area contributed by atoms with Gasteiger partial charge in [-0.2, -0.15) is 0 Å². The van der Waals surface area contributed by atoms with Crippen LogP contribution in [-0.4, -0.2) is 17.9 Å². The number of allylic oxidation sites excluding steroid dienone is 1. The van der Waals surface area contributed by atoms with Crippen molar-refractivity contribution in [3.63, 3.8) is 0 Å². The first-order chi connectivity index (χ1) is 11.9. The minimum Gasteiger partial charge on any atom is -0.458 e. The van der Waals surface area contributed by atoms with E-state index < -0.39 is 5.97 Å². The Hall–Kier alpha value is -1.90. The van der Waals surface area contributed by atoms with Gasteiger partial charge in [-0.1, -0.05) is 63.6 Å². The molecule has 0 bridgehead atoms. The molecule has 3 rings (SSSR count). The highest BCUT2D eigenvalue weighted by Crippen LogP contribution is 2.43. The van der Waals surface area contributed by atoms with E-state index in [1.54, 1.807) is 6.08 Å². The summed E-state index contributed by atoms with van der Waals surface area (Å²) in [6, 6.07) is 10.5. The van der Waals surface area contributed by atoms with Crippen LogP contribution in [0, 0.1) is 11.8 Å². The molecule has 0 radical (unpaired) electrons. The van der Waals surface area contributed by atoms with Gasteiger partial charge in [-0.15, -0.1) is 0 Å². The normalized spacial score (nSPS) is 27.1. The third-order valence-corrected chi connectivity index (χ3v) is 6.00. The molecule has 0 unspecified atom stereocenters. The first-order valence-electron chi connectivity index (χ1n) is 9.39. The number of ether oxygens (including phenoxy) is 1. The van der Waals surface area contributed by atoms with E-state index in [0.717, 1.165) is 19.3 Å². The molecule has 2 aliphatic carbocycles. The zero-order valence-electron chi connectivity index (χ0n) is 15.5. The van der Waals surface area contributed by atoms with Crippen LogP contribution < -0.4 is 0 Å². The molecule has 0 spiro atoms. The smallest absolute Gasteiger partial charge is 0.341 e. The summed E-state index contributed by atoms with van der Waals surface area (Å²) < 4.78 is 5.91. The maximum Gasteiger partial charge on any atom is 0.341 e. The topological polar surface area (TPSA) is 43.4 Å². The van der Waals surface area contributed by atoms with Crippen molar-refractivity contribution in [1.29, 1.82) is 0 Å². The quantitative estimate of drug-likeness (QED) is 0.594. The van der Waals surface area contributed by atoms with Crippen LogP contribution in [0.25, 0.3) is 0 Å². The molecular weight excluding hydrogens is 312 g/mol.